The first kappa shape index (κ1) is 21.3. The summed E-state index contributed by atoms with van der Waals surface area (Å²) in [4.78, 5) is 0.447. The lowest BCUT2D eigenvalue weighted by Crippen LogP contribution is -2.31. The second kappa shape index (κ2) is 7.78. The molecule has 0 fully saturated rings. The molecule has 1 heterocycles. The lowest BCUT2D eigenvalue weighted by molar-refractivity contribution is 0.445. The van der Waals surface area contributed by atoms with Gasteiger partial charge in [-0.05, 0) is 54.8 Å². The normalized spacial score (nSPS) is 14.5. The zero-order valence-corrected chi connectivity index (χ0v) is 19.2. The number of hydrogen-bond acceptors (Lipinski definition) is 4. The Balaban J connectivity index is 2.03. The van der Waals surface area contributed by atoms with Crippen LogP contribution >= 0.6 is 15.9 Å². The molecule has 0 unspecified atom stereocenters. The molecule has 0 bridgehead atoms. The number of halogens is 1. The number of sulfonamides is 2. The molecule has 0 atom stereocenters. The highest BCUT2D eigenvalue weighted by atomic mass is 79.9. The van der Waals surface area contributed by atoms with Crippen molar-refractivity contribution in [3.63, 3.8) is 0 Å². The molecule has 3 rings (SSSR count). The van der Waals surface area contributed by atoms with Crippen LogP contribution in [-0.4, -0.2) is 40.8 Å². The van der Waals surface area contributed by atoms with Crippen molar-refractivity contribution in [3.8, 4) is 0 Å². The van der Waals surface area contributed by atoms with Gasteiger partial charge in [-0.25, -0.2) is 16.8 Å². The maximum Gasteiger partial charge on any atom is 0.264 e. The summed E-state index contributed by atoms with van der Waals surface area (Å²) in [6, 6.07) is 9.86. The summed E-state index contributed by atoms with van der Waals surface area (Å²) >= 11 is 3.33. The molecule has 6 nitrogen and oxygen atoms in total. The summed E-state index contributed by atoms with van der Waals surface area (Å²) in [6.07, 6.45) is 0.475. The molecule has 0 spiro atoms. The Morgan fingerprint density at radius 1 is 1.04 bits per heavy atom. The van der Waals surface area contributed by atoms with E-state index in [0.29, 0.717) is 41.8 Å². The summed E-state index contributed by atoms with van der Waals surface area (Å²) < 4.78 is 55.4. The van der Waals surface area contributed by atoms with Crippen molar-refractivity contribution in [2.75, 3.05) is 23.9 Å². The van der Waals surface area contributed by atoms with Crippen LogP contribution in [0, 0.1) is 6.92 Å². The van der Waals surface area contributed by atoms with Gasteiger partial charge in [-0.1, -0.05) is 35.8 Å². The average molecular weight is 487 g/mol. The van der Waals surface area contributed by atoms with Gasteiger partial charge in [0.25, 0.3) is 10.0 Å². The molecule has 0 aromatic heterocycles. The first-order valence-electron chi connectivity index (χ1n) is 9.05. The van der Waals surface area contributed by atoms with E-state index in [-0.39, 0.29) is 9.79 Å². The second-order valence-corrected chi connectivity index (χ2v) is 11.3. The molecule has 2 aromatic rings. The first-order valence-corrected chi connectivity index (χ1v) is 12.7. The molecule has 2 aromatic carbocycles. The third-order valence-electron chi connectivity index (χ3n) is 4.97. The van der Waals surface area contributed by atoms with Crippen molar-refractivity contribution >= 4 is 41.7 Å². The fraction of sp³-hybridized carbons (Fsp3) is 0.368. The number of anilines is 1. The summed E-state index contributed by atoms with van der Waals surface area (Å²) in [5.74, 6) is 0. The molecule has 152 valence electrons. The molecule has 0 saturated heterocycles. The van der Waals surface area contributed by atoms with Crippen LogP contribution in [0.1, 0.15) is 25.0 Å². The molecule has 0 N–H and O–H groups in total. The van der Waals surface area contributed by atoms with Crippen molar-refractivity contribution < 1.29 is 16.8 Å². The number of fused-ring (bicyclic) bond motifs is 1. The number of hydrogen-bond donors (Lipinski definition) is 0. The van der Waals surface area contributed by atoms with E-state index in [2.05, 4.69) is 15.9 Å². The number of rotatable bonds is 6. The highest BCUT2D eigenvalue weighted by Gasteiger charge is 2.33. The van der Waals surface area contributed by atoms with Crippen LogP contribution in [0.2, 0.25) is 0 Å². The number of benzene rings is 2. The van der Waals surface area contributed by atoms with E-state index in [4.69, 9.17) is 0 Å². The quantitative estimate of drug-likeness (QED) is 0.625. The van der Waals surface area contributed by atoms with Gasteiger partial charge >= 0.3 is 0 Å². The monoisotopic (exact) mass is 486 g/mol. The van der Waals surface area contributed by atoms with Gasteiger partial charge in [0.05, 0.1) is 15.5 Å². The van der Waals surface area contributed by atoms with Gasteiger partial charge in [0, 0.05) is 24.1 Å². The fourth-order valence-electron chi connectivity index (χ4n) is 3.44. The van der Waals surface area contributed by atoms with Crippen LogP contribution in [0.25, 0.3) is 0 Å². The Labute approximate surface area is 175 Å². The highest BCUT2D eigenvalue weighted by molar-refractivity contribution is 9.10. The highest BCUT2D eigenvalue weighted by Crippen LogP contribution is 2.36. The second-order valence-electron chi connectivity index (χ2n) is 6.62. The van der Waals surface area contributed by atoms with Crippen LogP contribution in [-0.2, 0) is 26.5 Å². The summed E-state index contributed by atoms with van der Waals surface area (Å²) in [6.45, 7) is 6.41. The predicted octanol–water partition coefficient (Wildman–Crippen LogP) is 3.54. The molecule has 28 heavy (non-hydrogen) atoms. The van der Waals surface area contributed by atoms with Crippen LogP contribution in [0.3, 0.4) is 0 Å². The largest absolute Gasteiger partial charge is 0.266 e. The molecule has 0 amide bonds. The van der Waals surface area contributed by atoms with Crippen molar-refractivity contribution in [2.45, 2.75) is 37.0 Å². The standard InChI is InChI=1S/C19H23BrN2O4S2/c1-4-21(5-2)27(23,24)17-8-9-18-15(12-17)10-11-22(18)28(25,26)19-13-16(20)7-6-14(19)3/h6-9,12-13H,4-5,10-11H2,1-3H3. The molecule has 9 heteroatoms. The fourth-order valence-corrected chi connectivity index (χ4v) is 7.22. The molecular formula is C19H23BrN2O4S2. The molecule has 1 aliphatic rings. The predicted molar refractivity (Wildman–Crippen MR) is 114 cm³/mol. The molecule has 0 saturated carbocycles. The van der Waals surface area contributed by atoms with E-state index in [1.807, 2.05) is 0 Å². The van der Waals surface area contributed by atoms with Crippen molar-refractivity contribution in [2.24, 2.45) is 0 Å². The van der Waals surface area contributed by atoms with Gasteiger partial charge < -0.3 is 0 Å². The SMILES string of the molecule is CCN(CC)S(=O)(=O)c1ccc2c(c1)CCN2S(=O)(=O)c1cc(Br)ccc1C. The number of aryl methyl sites for hydroxylation is 1. The maximum absolute atomic E-state index is 13.2. The topological polar surface area (TPSA) is 74.8 Å². The lowest BCUT2D eigenvalue weighted by atomic mass is 10.2. The van der Waals surface area contributed by atoms with Crippen LogP contribution in [0.5, 0.6) is 0 Å². The van der Waals surface area contributed by atoms with E-state index in [9.17, 15) is 16.8 Å². The zero-order chi connectivity index (χ0) is 20.7. The number of nitrogens with zero attached hydrogens (tertiary/aromatic N) is 2. The van der Waals surface area contributed by atoms with Crippen molar-refractivity contribution in [1.82, 2.24) is 4.31 Å². The minimum Gasteiger partial charge on any atom is -0.266 e. The van der Waals surface area contributed by atoms with Crippen molar-refractivity contribution in [3.05, 3.63) is 52.0 Å². The van der Waals surface area contributed by atoms with Gasteiger partial charge in [-0.2, -0.15) is 4.31 Å². The Bertz CT molecular complexity index is 1110. The van der Waals surface area contributed by atoms with E-state index in [1.54, 1.807) is 51.1 Å². The minimum absolute atomic E-state index is 0.202. The smallest absolute Gasteiger partial charge is 0.264 e. The van der Waals surface area contributed by atoms with E-state index >= 15 is 0 Å². The summed E-state index contributed by atoms with van der Waals surface area (Å²) in [5.41, 5.74) is 1.93. The average Bonchev–Trinajstić information content (AvgIpc) is 3.08. The Kier molecular flexibility index (Phi) is 5.91. The van der Waals surface area contributed by atoms with Gasteiger partial charge in [0.2, 0.25) is 10.0 Å². The van der Waals surface area contributed by atoms with Gasteiger partial charge in [-0.3, -0.25) is 4.31 Å². The summed E-state index contributed by atoms with van der Waals surface area (Å²) in [5, 5.41) is 0. The van der Waals surface area contributed by atoms with E-state index in [0.717, 1.165) is 5.56 Å². The third-order valence-corrected chi connectivity index (χ3v) is 9.46. The first-order chi connectivity index (χ1) is 13.1. The van der Waals surface area contributed by atoms with Gasteiger partial charge in [0.15, 0.2) is 0 Å². The van der Waals surface area contributed by atoms with Gasteiger partial charge in [-0.15, -0.1) is 0 Å². The van der Waals surface area contributed by atoms with E-state index in [1.165, 1.54) is 14.7 Å². The Morgan fingerprint density at radius 2 is 1.71 bits per heavy atom. The van der Waals surface area contributed by atoms with Crippen LogP contribution in [0.4, 0.5) is 5.69 Å². The Morgan fingerprint density at radius 3 is 2.36 bits per heavy atom. The maximum atomic E-state index is 13.2. The molecule has 1 aliphatic heterocycles. The van der Waals surface area contributed by atoms with E-state index < -0.39 is 20.0 Å². The van der Waals surface area contributed by atoms with Crippen LogP contribution in [0.15, 0.2) is 50.7 Å². The minimum atomic E-state index is -3.74. The zero-order valence-electron chi connectivity index (χ0n) is 16.0. The Hall–Kier alpha value is -1.42. The summed E-state index contributed by atoms with van der Waals surface area (Å²) in [7, 11) is -7.32. The van der Waals surface area contributed by atoms with Crippen LogP contribution < -0.4 is 4.31 Å². The third kappa shape index (κ3) is 3.60. The lowest BCUT2D eigenvalue weighted by Gasteiger charge is -2.22. The molecular weight excluding hydrogens is 464 g/mol. The van der Waals surface area contributed by atoms with Crippen molar-refractivity contribution in [1.29, 1.82) is 0 Å². The van der Waals surface area contributed by atoms with Gasteiger partial charge in [0.1, 0.15) is 0 Å². The molecule has 0 radical (unpaired) electrons. The molecule has 0 aliphatic carbocycles.